The monoisotopic (exact) mass is 251 g/mol. The van der Waals surface area contributed by atoms with E-state index in [-0.39, 0.29) is 24.8 Å². The van der Waals surface area contributed by atoms with Gasteiger partial charge in [0.15, 0.2) is 10.9 Å². The van der Waals surface area contributed by atoms with Crippen LogP contribution in [0.5, 0.6) is 5.75 Å². The van der Waals surface area contributed by atoms with E-state index in [0.717, 1.165) is 11.1 Å². The third kappa shape index (κ3) is 2.33. The third-order valence-electron chi connectivity index (χ3n) is 2.27. The van der Waals surface area contributed by atoms with Crippen LogP contribution in [0.1, 0.15) is 5.56 Å². The normalized spacial score (nSPS) is 10.4. The molecule has 0 amide bonds. The Hall–Kier alpha value is -1.77. The van der Waals surface area contributed by atoms with Crippen LogP contribution in [0.3, 0.4) is 0 Å². The number of hydrogen-bond acceptors (Lipinski definition) is 4. The zero-order valence-electron chi connectivity index (χ0n) is 8.90. The first-order chi connectivity index (χ1) is 8.26. The van der Waals surface area contributed by atoms with Gasteiger partial charge < -0.3 is 14.8 Å². The molecular formula is C11H10ClN3O2. The van der Waals surface area contributed by atoms with Gasteiger partial charge in [0.1, 0.15) is 6.61 Å². The van der Waals surface area contributed by atoms with Crippen LogP contribution < -0.4 is 4.74 Å². The molecule has 0 bridgehead atoms. The molecule has 0 aliphatic carbocycles. The van der Waals surface area contributed by atoms with Gasteiger partial charge in [-0.3, -0.25) is 0 Å². The van der Waals surface area contributed by atoms with Crippen molar-refractivity contribution in [1.29, 1.82) is 5.26 Å². The largest absolute Gasteiger partial charge is 0.488 e. The van der Waals surface area contributed by atoms with Gasteiger partial charge in [0.05, 0.1) is 30.1 Å². The standard InChI is InChI=1S/C11H10ClN3O2/c12-11-9(17-4-3-16)5-8-10(15-11)7(1-2-13)6-14-8/h5-6,14,16H,1,3-4H2. The molecule has 88 valence electrons. The maximum atomic E-state index is 8.67. The third-order valence-corrected chi connectivity index (χ3v) is 2.54. The van der Waals surface area contributed by atoms with E-state index < -0.39 is 0 Å². The number of H-pyrrole nitrogens is 1. The highest BCUT2D eigenvalue weighted by molar-refractivity contribution is 6.31. The van der Waals surface area contributed by atoms with Gasteiger partial charge in [-0.2, -0.15) is 5.26 Å². The van der Waals surface area contributed by atoms with Gasteiger partial charge in [-0.05, 0) is 0 Å². The van der Waals surface area contributed by atoms with Crippen LogP contribution in [0.25, 0.3) is 11.0 Å². The zero-order valence-corrected chi connectivity index (χ0v) is 9.66. The predicted octanol–water partition coefficient (Wildman–Crippen LogP) is 1.65. The molecule has 2 aromatic rings. The number of hydrogen-bond donors (Lipinski definition) is 2. The first kappa shape index (κ1) is 11.7. The summed E-state index contributed by atoms with van der Waals surface area (Å²) in [6.07, 6.45) is 2.01. The van der Waals surface area contributed by atoms with Crippen LogP contribution in [0.4, 0.5) is 0 Å². The molecule has 0 aliphatic rings. The minimum absolute atomic E-state index is 0.0845. The highest BCUT2D eigenvalue weighted by Crippen LogP contribution is 2.28. The van der Waals surface area contributed by atoms with Crippen molar-refractivity contribution in [3.63, 3.8) is 0 Å². The van der Waals surface area contributed by atoms with Crippen LogP contribution in [0.15, 0.2) is 12.3 Å². The summed E-state index contributed by atoms with van der Waals surface area (Å²) in [7, 11) is 0. The lowest BCUT2D eigenvalue weighted by atomic mass is 10.2. The average Bonchev–Trinajstić information content (AvgIpc) is 2.69. The lowest BCUT2D eigenvalue weighted by molar-refractivity contribution is 0.201. The maximum Gasteiger partial charge on any atom is 0.171 e. The number of aliphatic hydroxyl groups excluding tert-OH is 1. The average molecular weight is 252 g/mol. The number of rotatable bonds is 4. The van der Waals surface area contributed by atoms with Crippen molar-refractivity contribution in [3.8, 4) is 11.8 Å². The summed E-state index contributed by atoms with van der Waals surface area (Å²) in [6, 6.07) is 3.77. The maximum absolute atomic E-state index is 8.67. The van der Waals surface area contributed by atoms with Crippen molar-refractivity contribution in [2.75, 3.05) is 13.2 Å². The Bertz CT molecular complexity index is 574. The second-order valence-corrected chi connectivity index (χ2v) is 3.75. The Morgan fingerprint density at radius 1 is 1.59 bits per heavy atom. The van der Waals surface area contributed by atoms with E-state index in [0.29, 0.717) is 11.3 Å². The van der Waals surface area contributed by atoms with E-state index in [1.54, 1.807) is 12.3 Å². The van der Waals surface area contributed by atoms with Gasteiger partial charge >= 0.3 is 0 Å². The number of aromatic amines is 1. The summed E-state index contributed by atoms with van der Waals surface area (Å²) >= 11 is 5.95. The lowest BCUT2D eigenvalue weighted by Gasteiger charge is -2.05. The highest BCUT2D eigenvalue weighted by Gasteiger charge is 2.10. The minimum atomic E-state index is -0.0845. The molecule has 5 nitrogen and oxygen atoms in total. The first-order valence-corrected chi connectivity index (χ1v) is 5.41. The molecule has 2 aromatic heterocycles. The number of nitriles is 1. The second kappa shape index (κ2) is 5.04. The zero-order chi connectivity index (χ0) is 12.3. The van der Waals surface area contributed by atoms with Crippen molar-refractivity contribution in [1.82, 2.24) is 9.97 Å². The Morgan fingerprint density at radius 3 is 3.12 bits per heavy atom. The van der Waals surface area contributed by atoms with E-state index in [1.165, 1.54) is 0 Å². The number of pyridine rings is 1. The van der Waals surface area contributed by atoms with Crippen molar-refractivity contribution in [2.45, 2.75) is 6.42 Å². The summed E-state index contributed by atoms with van der Waals surface area (Å²) in [4.78, 5) is 7.19. The van der Waals surface area contributed by atoms with Crippen LogP contribution in [-0.2, 0) is 6.42 Å². The van der Waals surface area contributed by atoms with Gasteiger partial charge in [-0.25, -0.2) is 4.98 Å². The number of ether oxygens (including phenoxy) is 1. The fraction of sp³-hybridized carbons (Fsp3) is 0.273. The molecule has 0 unspecified atom stereocenters. The molecule has 2 heterocycles. The molecule has 0 saturated carbocycles. The quantitative estimate of drug-likeness (QED) is 0.810. The first-order valence-electron chi connectivity index (χ1n) is 5.03. The smallest absolute Gasteiger partial charge is 0.171 e. The molecule has 0 saturated heterocycles. The predicted molar refractivity (Wildman–Crippen MR) is 63.0 cm³/mol. The summed E-state index contributed by atoms with van der Waals surface area (Å²) in [5.41, 5.74) is 2.23. The minimum Gasteiger partial charge on any atom is -0.488 e. The Kier molecular flexibility index (Phi) is 3.47. The summed E-state index contributed by atoms with van der Waals surface area (Å²) in [6.45, 7) is 0.0808. The summed E-state index contributed by atoms with van der Waals surface area (Å²) < 4.78 is 5.23. The molecule has 2 rings (SSSR count). The van der Waals surface area contributed by atoms with Crippen LogP contribution in [0.2, 0.25) is 5.15 Å². The van der Waals surface area contributed by atoms with Crippen molar-refractivity contribution in [3.05, 3.63) is 23.0 Å². The number of fused-ring (bicyclic) bond motifs is 1. The lowest BCUT2D eigenvalue weighted by Crippen LogP contribution is -2.02. The fourth-order valence-electron chi connectivity index (χ4n) is 1.54. The Morgan fingerprint density at radius 2 is 2.41 bits per heavy atom. The SMILES string of the molecule is N#CCc1c[nH]c2cc(OCCO)c(Cl)nc12. The Balaban J connectivity index is 2.42. The van der Waals surface area contributed by atoms with Crippen molar-refractivity contribution in [2.24, 2.45) is 0 Å². The van der Waals surface area contributed by atoms with Gasteiger partial charge in [0, 0.05) is 17.8 Å². The van der Waals surface area contributed by atoms with E-state index in [1.807, 2.05) is 0 Å². The fourth-order valence-corrected chi connectivity index (χ4v) is 1.73. The molecule has 0 atom stereocenters. The second-order valence-electron chi connectivity index (χ2n) is 3.39. The van der Waals surface area contributed by atoms with E-state index in [2.05, 4.69) is 16.0 Å². The molecule has 0 aliphatic heterocycles. The molecule has 0 aromatic carbocycles. The molecule has 17 heavy (non-hydrogen) atoms. The van der Waals surface area contributed by atoms with Crippen LogP contribution in [-0.4, -0.2) is 28.3 Å². The molecule has 2 N–H and O–H groups in total. The van der Waals surface area contributed by atoms with Crippen LogP contribution >= 0.6 is 11.6 Å². The van der Waals surface area contributed by atoms with Gasteiger partial charge in [-0.15, -0.1) is 0 Å². The summed E-state index contributed by atoms with van der Waals surface area (Å²) in [5.74, 6) is 0.415. The molecule has 0 spiro atoms. The Labute approximate surface area is 103 Å². The van der Waals surface area contributed by atoms with E-state index in [4.69, 9.17) is 26.7 Å². The van der Waals surface area contributed by atoms with E-state index in [9.17, 15) is 0 Å². The summed E-state index contributed by atoms with van der Waals surface area (Å²) in [5, 5.41) is 17.6. The van der Waals surface area contributed by atoms with Gasteiger partial charge in [-0.1, -0.05) is 11.6 Å². The number of nitrogens with one attached hydrogen (secondary N) is 1. The number of aromatic nitrogens is 2. The molecular weight excluding hydrogens is 242 g/mol. The van der Waals surface area contributed by atoms with Crippen molar-refractivity contribution >= 4 is 22.6 Å². The van der Waals surface area contributed by atoms with Gasteiger partial charge in [0.2, 0.25) is 0 Å². The number of aliphatic hydroxyl groups is 1. The van der Waals surface area contributed by atoms with Gasteiger partial charge in [0.25, 0.3) is 0 Å². The number of halogens is 1. The highest BCUT2D eigenvalue weighted by atomic mass is 35.5. The van der Waals surface area contributed by atoms with Crippen molar-refractivity contribution < 1.29 is 9.84 Å². The number of nitrogens with zero attached hydrogens (tertiary/aromatic N) is 2. The van der Waals surface area contributed by atoms with Crippen LogP contribution in [0, 0.1) is 11.3 Å². The molecule has 0 fully saturated rings. The molecule has 6 heteroatoms. The van der Waals surface area contributed by atoms with E-state index >= 15 is 0 Å². The topological polar surface area (TPSA) is 81.9 Å². The molecule has 0 radical (unpaired) electrons.